The van der Waals surface area contributed by atoms with Crippen LogP contribution < -0.4 is 5.32 Å². The number of likely N-dealkylation sites (N-methyl/N-ethyl adjacent to an activating group) is 1. The lowest BCUT2D eigenvalue weighted by Crippen LogP contribution is -2.37. The van der Waals surface area contributed by atoms with Crippen molar-refractivity contribution in [3.63, 3.8) is 0 Å². The molecular weight excluding hydrogens is 279 g/mol. The van der Waals surface area contributed by atoms with Crippen LogP contribution in [-0.4, -0.2) is 31.4 Å². The minimum Gasteiger partial charge on any atom is -0.354 e. The van der Waals surface area contributed by atoms with Gasteiger partial charge in [-0.15, -0.1) is 0 Å². The maximum atomic E-state index is 13.5. The Bertz CT molecular complexity index is 613. The highest BCUT2D eigenvalue weighted by atomic mass is 19.1. The van der Waals surface area contributed by atoms with Gasteiger partial charge in [0.2, 0.25) is 5.91 Å². The summed E-state index contributed by atoms with van der Waals surface area (Å²) < 4.78 is 13.5. The van der Waals surface area contributed by atoms with Crippen molar-refractivity contribution in [1.29, 1.82) is 0 Å². The second-order valence-corrected chi connectivity index (χ2v) is 5.41. The fourth-order valence-corrected chi connectivity index (χ4v) is 2.44. The van der Waals surface area contributed by atoms with Crippen molar-refractivity contribution in [2.24, 2.45) is 0 Å². The van der Waals surface area contributed by atoms with Crippen LogP contribution >= 0.6 is 0 Å². The zero-order valence-corrected chi connectivity index (χ0v) is 12.9. The van der Waals surface area contributed by atoms with E-state index in [0.717, 1.165) is 5.56 Å². The molecule has 0 bridgehead atoms. The van der Waals surface area contributed by atoms with E-state index in [2.05, 4.69) is 5.32 Å². The molecule has 0 aromatic heterocycles. The fourth-order valence-electron chi connectivity index (χ4n) is 2.44. The van der Waals surface area contributed by atoms with Crippen LogP contribution in [0, 0.1) is 5.82 Å². The van der Waals surface area contributed by atoms with Crippen molar-refractivity contribution in [3.05, 3.63) is 71.5 Å². The minimum atomic E-state index is -0.346. The summed E-state index contributed by atoms with van der Waals surface area (Å²) in [6, 6.07) is 15.9. The highest BCUT2D eigenvalue weighted by molar-refractivity contribution is 5.83. The topological polar surface area (TPSA) is 32.3 Å². The Morgan fingerprint density at radius 3 is 2.36 bits per heavy atom. The summed E-state index contributed by atoms with van der Waals surface area (Å²) >= 11 is 0. The van der Waals surface area contributed by atoms with Gasteiger partial charge in [0.15, 0.2) is 0 Å². The number of halogens is 1. The molecule has 0 saturated carbocycles. The third-order valence-electron chi connectivity index (χ3n) is 3.53. The molecule has 0 saturated heterocycles. The summed E-state index contributed by atoms with van der Waals surface area (Å²) in [5, 5.41) is 2.89. The molecule has 2 rings (SSSR count). The molecule has 0 aliphatic heterocycles. The molecule has 2 aromatic rings. The Morgan fingerprint density at radius 1 is 1.09 bits per heavy atom. The SMILES string of the molecule is CN(C)C(C(=O)NCCc1ccccc1F)c1ccccc1. The monoisotopic (exact) mass is 300 g/mol. The number of nitrogens with one attached hydrogen (secondary N) is 1. The van der Waals surface area contributed by atoms with Gasteiger partial charge in [-0.25, -0.2) is 4.39 Å². The van der Waals surface area contributed by atoms with Gasteiger partial charge in [0.05, 0.1) is 0 Å². The quantitative estimate of drug-likeness (QED) is 0.889. The van der Waals surface area contributed by atoms with Crippen LogP contribution in [0.4, 0.5) is 4.39 Å². The molecule has 0 fully saturated rings. The van der Waals surface area contributed by atoms with Crippen molar-refractivity contribution in [1.82, 2.24) is 10.2 Å². The highest BCUT2D eigenvalue weighted by Gasteiger charge is 2.22. The minimum absolute atomic E-state index is 0.0764. The number of amides is 1. The largest absolute Gasteiger partial charge is 0.354 e. The van der Waals surface area contributed by atoms with Gasteiger partial charge in [0.25, 0.3) is 0 Å². The Hall–Kier alpha value is -2.20. The molecule has 3 nitrogen and oxygen atoms in total. The standard InChI is InChI=1S/C18H21FN2O/c1-21(2)17(15-9-4-3-5-10-15)18(22)20-13-12-14-8-6-7-11-16(14)19/h3-11,17H,12-13H2,1-2H3,(H,20,22). The Kier molecular flexibility index (Phi) is 5.67. The van der Waals surface area contributed by atoms with Crippen LogP contribution in [0.15, 0.2) is 54.6 Å². The van der Waals surface area contributed by atoms with E-state index in [0.29, 0.717) is 18.5 Å². The summed E-state index contributed by atoms with van der Waals surface area (Å²) in [6.07, 6.45) is 0.480. The molecule has 0 aliphatic rings. The van der Waals surface area contributed by atoms with Crippen molar-refractivity contribution >= 4 is 5.91 Å². The number of hydrogen-bond donors (Lipinski definition) is 1. The molecule has 1 amide bonds. The molecule has 22 heavy (non-hydrogen) atoms. The maximum Gasteiger partial charge on any atom is 0.241 e. The first-order valence-electron chi connectivity index (χ1n) is 7.32. The zero-order valence-electron chi connectivity index (χ0n) is 12.9. The summed E-state index contributed by atoms with van der Waals surface area (Å²) in [5.74, 6) is -0.309. The first-order valence-corrected chi connectivity index (χ1v) is 7.32. The molecule has 1 atom stereocenters. The van der Waals surface area contributed by atoms with Crippen molar-refractivity contribution < 1.29 is 9.18 Å². The summed E-state index contributed by atoms with van der Waals surface area (Å²) in [7, 11) is 3.74. The summed E-state index contributed by atoms with van der Waals surface area (Å²) in [4.78, 5) is 14.3. The molecule has 0 aliphatic carbocycles. The third-order valence-corrected chi connectivity index (χ3v) is 3.53. The van der Waals surface area contributed by atoms with Gasteiger partial charge in [0.1, 0.15) is 11.9 Å². The normalized spacial score (nSPS) is 12.2. The van der Waals surface area contributed by atoms with E-state index in [4.69, 9.17) is 0 Å². The number of rotatable bonds is 6. The fraction of sp³-hybridized carbons (Fsp3) is 0.278. The van der Waals surface area contributed by atoms with Crippen molar-refractivity contribution in [2.75, 3.05) is 20.6 Å². The molecule has 0 radical (unpaired) electrons. The molecule has 4 heteroatoms. The lowest BCUT2D eigenvalue weighted by molar-refractivity contribution is -0.125. The molecule has 1 unspecified atom stereocenters. The third kappa shape index (κ3) is 4.15. The number of hydrogen-bond acceptors (Lipinski definition) is 2. The van der Waals surface area contributed by atoms with Crippen LogP contribution in [0.1, 0.15) is 17.2 Å². The van der Waals surface area contributed by atoms with E-state index in [1.54, 1.807) is 18.2 Å². The first kappa shape index (κ1) is 16.2. The van der Waals surface area contributed by atoms with Crippen molar-refractivity contribution in [3.8, 4) is 0 Å². The average Bonchev–Trinajstić information content (AvgIpc) is 2.50. The molecule has 2 aromatic carbocycles. The number of nitrogens with zero attached hydrogens (tertiary/aromatic N) is 1. The molecule has 0 spiro atoms. The number of carbonyl (C=O) groups excluding carboxylic acids is 1. The van der Waals surface area contributed by atoms with E-state index in [-0.39, 0.29) is 17.8 Å². The zero-order chi connectivity index (χ0) is 15.9. The van der Waals surface area contributed by atoms with Crippen LogP contribution in [0.5, 0.6) is 0 Å². The Balaban J connectivity index is 1.96. The highest BCUT2D eigenvalue weighted by Crippen LogP contribution is 2.17. The Morgan fingerprint density at radius 2 is 1.73 bits per heavy atom. The molecular formula is C18H21FN2O. The lowest BCUT2D eigenvalue weighted by Gasteiger charge is -2.23. The van der Waals surface area contributed by atoms with E-state index >= 15 is 0 Å². The predicted octanol–water partition coefficient (Wildman–Crippen LogP) is 2.79. The second-order valence-electron chi connectivity index (χ2n) is 5.41. The smallest absolute Gasteiger partial charge is 0.241 e. The van der Waals surface area contributed by atoms with E-state index in [9.17, 15) is 9.18 Å². The van der Waals surface area contributed by atoms with Gasteiger partial charge in [-0.3, -0.25) is 9.69 Å². The predicted molar refractivity (Wildman–Crippen MR) is 86.0 cm³/mol. The van der Waals surface area contributed by atoms with E-state index in [1.807, 2.05) is 49.3 Å². The summed E-state index contributed by atoms with van der Waals surface area (Å²) in [5.41, 5.74) is 1.56. The van der Waals surface area contributed by atoms with Crippen molar-refractivity contribution in [2.45, 2.75) is 12.5 Å². The van der Waals surface area contributed by atoms with Crippen LogP contribution in [0.25, 0.3) is 0 Å². The van der Waals surface area contributed by atoms with Gasteiger partial charge >= 0.3 is 0 Å². The van der Waals surface area contributed by atoms with Crippen LogP contribution in [0.2, 0.25) is 0 Å². The average molecular weight is 300 g/mol. The van der Waals surface area contributed by atoms with Gasteiger partial charge in [-0.1, -0.05) is 48.5 Å². The van der Waals surface area contributed by atoms with Gasteiger partial charge < -0.3 is 5.32 Å². The van der Waals surface area contributed by atoms with Gasteiger partial charge in [-0.05, 0) is 37.7 Å². The van der Waals surface area contributed by atoms with Gasteiger partial charge in [0, 0.05) is 6.54 Å². The number of carbonyl (C=O) groups is 1. The second kappa shape index (κ2) is 7.71. The van der Waals surface area contributed by atoms with Gasteiger partial charge in [-0.2, -0.15) is 0 Å². The van der Waals surface area contributed by atoms with E-state index < -0.39 is 0 Å². The summed E-state index contributed by atoms with van der Waals surface area (Å²) in [6.45, 7) is 0.414. The van der Waals surface area contributed by atoms with Crippen LogP contribution in [0.3, 0.4) is 0 Å². The first-order chi connectivity index (χ1) is 10.6. The maximum absolute atomic E-state index is 13.5. The number of benzene rings is 2. The molecule has 1 N–H and O–H groups in total. The molecule has 116 valence electrons. The molecule has 0 heterocycles. The van der Waals surface area contributed by atoms with E-state index in [1.165, 1.54) is 6.07 Å². The van der Waals surface area contributed by atoms with Crippen LogP contribution in [-0.2, 0) is 11.2 Å². The Labute approximate surface area is 130 Å². The lowest BCUT2D eigenvalue weighted by atomic mass is 10.1.